The normalized spacial score (nSPS) is 19.5. The van der Waals surface area contributed by atoms with E-state index in [4.69, 9.17) is 30.7 Å². The number of aromatic nitrogens is 4. The van der Waals surface area contributed by atoms with Crippen LogP contribution < -0.4 is 15.3 Å². The summed E-state index contributed by atoms with van der Waals surface area (Å²) < 4.78 is 52.7. The Morgan fingerprint density at radius 3 is 2.09 bits per heavy atom. The number of aliphatic hydroxyl groups is 1. The van der Waals surface area contributed by atoms with Crippen molar-refractivity contribution in [2.24, 2.45) is 0 Å². The lowest BCUT2D eigenvalue weighted by Gasteiger charge is -2.29. The zero-order valence-corrected chi connectivity index (χ0v) is 35.5. The van der Waals surface area contributed by atoms with Crippen molar-refractivity contribution in [3.8, 4) is 18.1 Å². The number of rotatable bonds is 30. The number of aliphatic hydroxyl groups excluding tert-OH is 1. The molecular weight excluding hydrogens is 762 g/mol. The standard InChI is InChI=1S/C43H66FN6O7P/c1-4-6-7-8-9-10-11-12-13-14-15-16-17-18-19-20-21-22-23-27-30-54-41(52)34(3)49-58(53,57-35-28-25-24-26-29-35)55-32-43(5-2)36(51)31-37(56-43)50-33-46-38-39(45)47-42(44)48-40(38)50/h2,24-26,28-29,33-34,36-37,51H,4,6-23,27,30-32H2,1,3H3,(H,49,53)(H2,45,47,48)/t34-,36-,37+,43+,58?/m0/s1. The summed E-state index contributed by atoms with van der Waals surface area (Å²) in [6.45, 7) is 3.40. The van der Waals surface area contributed by atoms with Crippen molar-refractivity contribution in [3.63, 3.8) is 0 Å². The number of unbranched alkanes of at least 4 members (excludes halogenated alkanes) is 19. The maximum absolute atomic E-state index is 14.2. The molecule has 5 atom stereocenters. The lowest BCUT2D eigenvalue weighted by Crippen LogP contribution is -2.43. The van der Waals surface area contributed by atoms with E-state index in [1.807, 2.05) is 0 Å². The Bertz CT molecular complexity index is 1740. The Hall–Kier alpha value is -3.60. The van der Waals surface area contributed by atoms with Crippen molar-refractivity contribution >= 4 is 30.7 Å². The lowest BCUT2D eigenvalue weighted by atomic mass is 9.99. The van der Waals surface area contributed by atoms with Gasteiger partial charge in [-0.05, 0) is 25.5 Å². The molecule has 0 spiro atoms. The van der Waals surface area contributed by atoms with Crippen LogP contribution in [-0.4, -0.2) is 61.6 Å². The minimum atomic E-state index is -4.34. The number of imidazole rings is 1. The molecule has 0 bridgehead atoms. The van der Waals surface area contributed by atoms with Crippen LogP contribution in [0.3, 0.4) is 0 Å². The number of nitrogen functional groups attached to an aromatic ring is 1. The number of nitrogens with one attached hydrogen (secondary N) is 1. The fraction of sp³-hybridized carbons (Fsp3) is 0.674. The number of para-hydroxylation sites is 1. The molecule has 3 heterocycles. The van der Waals surface area contributed by atoms with Gasteiger partial charge in [0.2, 0.25) is 0 Å². The molecule has 1 aromatic carbocycles. The van der Waals surface area contributed by atoms with Crippen LogP contribution in [-0.2, 0) is 23.4 Å². The van der Waals surface area contributed by atoms with Gasteiger partial charge in [0.15, 0.2) is 22.6 Å². The van der Waals surface area contributed by atoms with Crippen molar-refractivity contribution in [2.45, 2.75) is 173 Å². The number of nitrogens with zero attached hydrogens (tertiary/aromatic N) is 4. The van der Waals surface area contributed by atoms with Crippen LogP contribution >= 0.6 is 7.75 Å². The molecule has 15 heteroatoms. The fourth-order valence-corrected chi connectivity index (χ4v) is 8.70. The fourth-order valence-electron chi connectivity index (χ4n) is 7.18. The molecule has 0 amide bonds. The van der Waals surface area contributed by atoms with E-state index in [0.717, 1.165) is 19.3 Å². The Morgan fingerprint density at radius 2 is 1.53 bits per heavy atom. The van der Waals surface area contributed by atoms with Gasteiger partial charge >= 0.3 is 19.8 Å². The van der Waals surface area contributed by atoms with Gasteiger partial charge in [0, 0.05) is 6.42 Å². The Balaban J connectivity index is 1.13. The van der Waals surface area contributed by atoms with Crippen molar-refractivity contribution in [2.75, 3.05) is 18.9 Å². The van der Waals surface area contributed by atoms with E-state index in [0.29, 0.717) is 0 Å². The third kappa shape index (κ3) is 15.2. The average molecular weight is 829 g/mol. The second kappa shape index (κ2) is 25.1. The topological polar surface area (TPSA) is 173 Å². The number of carbonyl (C=O) groups excluding carboxylic acids is 1. The molecule has 4 N–H and O–H groups in total. The zero-order valence-electron chi connectivity index (χ0n) is 34.6. The summed E-state index contributed by atoms with van der Waals surface area (Å²) in [6, 6.07) is 7.19. The van der Waals surface area contributed by atoms with Crippen molar-refractivity contribution in [1.29, 1.82) is 0 Å². The molecule has 0 radical (unpaired) electrons. The maximum Gasteiger partial charge on any atom is 0.459 e. The maximum atomic E-state index is 14.2. The highest BCUT2D eigenvalue weighted by atomic mass is 31.2. The molecule has 1 fully saturated rings. The summed E-state index contributed by atoms with van der Waals surface area (Å²) in [5.74, 6) is 1.84. The van der Waals surface area contributed by atoms with Gasteiger partial charge < -0.3 is 24.8 Å². The van der Waals surface area contributed by atoms with Crippen LogP contribution in [0.2, 0.25) is 0 Å². The molecule has 1 aliphatic heterocycles. The molecule has 3 aromatic rings. The highest BCUT2D eigenvalue weighted by Crippen LogP contribution is 2.48. The summed E-state index contributed by atoms with van der Waals surface area (Å²) in [5.41, 5.74) is 4.17. The van der Waals surface area contributed by atoms with Crippen molar-refractivity contribution in [1.82, 2.24) is 24.6 Å². The van der Waals surface area contributed by atoms with Crippen LogP contribution in [0.15, 0.2) is 36.7 Å². The van der Waals surface area contributed by atoms with Gasteiger partial charge in [-0.1, -0.05) is 153 Å². The largest absolute Gasteiger partial charge is 0.465 e. The predicted molar refractivity (Wildman–Crippen MR) is 224 cm³/mol. The molecule has 322 valence electrons. The Kier molecular flexibility index (Phi) is 20.4. The number of terminal acetylenes is 1. The summed E-state index contributed by atoms with van der Waals surface area (Å²) in [7, 11) is -4.34. The Morgan fingerprint density at radius 1 is 0.983 bits per heavy atom. The van der Waals surface area contributed by atoms with E-state index < -0.39 is 50.4 Å². The predicted octanol–water partition coefficient (Wildman–Crippen LogP) is 9.75. The number of fused-ring (bicyclic) bond motifs is 1. The Labute approximate surface area is 344 Å². The number of halogens is 1. The van der Waals surface area contributed by atoms with Gasteiger partial charge in [-0.2, -0.15) is 19.4 Å². The first kappa shape index (κ1) is 47.1. The minimum absolute atomic E-state index is 0.0402. The number of carbonyl (C=O) groups is 1. The number of nitrogens with two attached hydrogens (primary N) is 1. The SMILES string of the molecule is C#C[C@]1(COP(=O)(N[C@@H](C)C(=O)OCCCCCCCCCCCCCCCCCCCCCC)Oc2ccccc2)O[C@@H](n2cnc3c(N)nc(F)nc32)C[C@@H]1O. The lowest BCUT2D eigenvalue weighted by molar-refractivity contribution is -0.145. The number of benzene rings is 1. The molecule has 1 aliphatic rings. The summed E-state index contributed by atoms with van der Waals surface area (Å²) in [5, 5.41) is 13.8. The molecule has 0 saturated carbocycles. The van der Waals surface area contributed by atoms with E-state index in [-0.39, 0.29) is 35.8 Å². The summed E-state index contributed by atoms with van der Waals surface area (Å²) in [6.07, 6.45) is 29.5. The molecule has 2 aromatic heterocycles. The van der Waals surface area contributed by atoms with Gasteiger partial charge in [0.25, 0.3) is 0 Å². The monoisotopic (exact) mass is 828 g/mol. The van der Waals surface area contributed by atoms with E-state index in [9.17, 15) is 18.9 Å². The van der Waals surface area contributed by atoms with E-state index in [2.05, 4.69) is 32.9 Å². The molecule has 0 aliphatic carbocycles. The average Bonchev–Trinajstić information content (AvgIpc) is 3.78. The first-order valence-electron chi connectivity index (χ1n) is 21.5. The van der Waals surface area contributed by atoms with Crippen LogP contribution in [0.5, 0.6) is 5.75 Å². The van der Waals surface area contributed by atoms with Crippen LogP contribution in [0.25, 0.3) is 11.2 Å². The second-order valence-electron chi connectivity index (χ2n) is 15.5. The molecule has 1 unspecified atom stereocenters. The van der Waals surface area contributed by atoms with Crippen molar-refractivity contribution < 1.29 is 37.4 Å². The summed E-state index contributed by atoms with van der Waals surface area (Å²) in [4.78, 5) is 24.4. The quantitative estimate of drug-likeness (QED) is 0.0191. The molecule has 58 heavy (non-hydrogen) atoms. The van der Waals surface area contributed by atoms with Crippen LogP contribution in [0.1, 0.15) is 155 Å². The molecular formula is C43H66FN6O7P. The molecule has 13 nitrogen and oxygen atoms in total. The van der Waals surface area contributed by atoms with Gasteiger partial charge in [-0.25, -0.2) is 9.55 Å². The van der Waals surface area contributed by atoms with Crippen LogP contribution in [0, 0.1) is 18.4 Å². The molecule has 4 rings (SSSR count). The van der Waals surface area contributed by atoms with Crippen LogP contribution in [0.4, 0.5) is 10.2 Å². The zero-order chi connectivity index (χ0) is 41.6. The summed E-state index contributed by atoms with van der Waals surface area (Å²) >= 11 is 0. The van der Waals surface area contributed by atoms with Gasteiger partial charge in [0.1, 0.15) is 30.7 Å². The van der Waals surface area contributed by atoms with Crippen molar-refractivity contribution in [3.05, 3.63) is 42.7 Å². The van der Waals surface area contributed by atoms with Gasteiger partial charge in [0.05, 0.1) is 12.9 Å². The van der Waals surface area contributed by atoms with E-state index >= 15 is 0 Å². The van der Waals surface area contributed by atoms with E-state index in [1.165, 1.54) is 127 Å². The van der Waals surface area contributed by atoms with Gasteiger partial charge in [-0.15, -0.1) is 6.42 Å². The van der Waals surface area contributed by atoms with E-state index in [1.54, 1.807) is 30.3 Å². The highest BCUT2D eigenvalue weighted by Gasteiger charge is 2.50. The second-order valence-corrected chi connectivity index (χ2v) is 17.2. The number of ether oxygens (including phenoxy) is 2. The number of hydrogen-bond donors (Lipinski definition) is 3. The first-order chi connectivity index (χ1) is 28.1. The number of esters is 1. The first-order valence-corrected chi connectivity index (χ1v) is 23.1. The van der Waals surface area contributed by atoms with Gasteiger partial charge in [-0.3, -0.25) is 13.9 Å². The highest BCUT2D eigenvalue weighted by molar-refractivity contribution is 7.52. The minimum Gasteiger partial charge on any atom is -0.465 e. The third-order valence-corrected chi connectivity index (χ3v) is 12.3. The smallest absolute Gasteiger partial charge is 0.459 e. The number of anilines is 1. The molecule has 1 saturated heterocycles. The third-order valence-electron chi connectivity index (χ3n) is 10.7. The number of hydrogen-bond acceptors (Lipinski definition) is 11.